The number of benzene rings is 1. The van der Waals surface area contributed by atoms with Crippen LogP contribution in [-0.2, 0) is 22.7 Å². The van der Waals surface area contributed by atoms with E-state index in [0.717, 1.165) is 16.2 Å². The van der Waals surface area contributed by atoms with Crippen molar-refractivity contribution in [2.75, 3.05) is 7.11 Å². The maximum absolute atomic E-state index is 12.4. The van der Waals surface area contributed by atoms with Crippen LogP contribution in [0.25, 0.3) is 0 Å². The van der Waals surface area contributed by atoms with Crippen LogP contribution < -0.4 is 20.9 Å². The first-order valence-corrected chi connectivity index (χ1v) is 10.1. The Balaban J connectivity index is 1.81. The number of amides is 2. The van der Waals surface area contributed by atoms with Crippen LogP contribution in [0.3, 0.4) is 0 Å². The number of hydrazine groups is 1. The Kier molecular flexibility index (Phi) is 8.24. The van der Waals surface area contributed by atoms with Gasteiger partial charge in [0.25, 0.3) is 5.91 Å². The van der Waals surface area contributed by atoms with E-state index >= 15 is 0 Å². The first kappa shape index (κ1) is 22.9. The third-order valence-electron chi connectivity index (χ3n) is 3.91. The fraction of sp³-hybridized carbons (Fsp3) is 0.421. The molecule has 10 heteroatoms. The van der Waals surface area contributed by atoms with Gasteiger partial charge in [-0.3, -0.25) is 10.2 Å². The summed E-state index contributed by atoms with van der Waals surface area (Å²) in [5.74, 6) is 0.364. The molecule has 0 aliphatic rings. The summed E-state index contributed by atoms with van der Waals surface area (Å²) in [5, 5.41) is 2.55. The lowest BCUT2D eigenvalue weighted by Gasteiger charge is -2.29. The number of halogens is 1. The van der Waals surface area contributed by atoms with Gasteiger partial charge in [-0.05, 0) is 23.1 Å². The van der Waals surface area contributed by atoms with E-state index in [0.29, 0.717) is 17.6 Å². The van der Waals surface area contributed by atoms with Gasteiger partial charge in [-0.2, -0.15) is 0 Å². The van der Waals surface area contributed by atoms with Crippen molar-refractivity contribution in [3.63, 3.8) is 0 Å². The molecule has 1 aromatic carbocycles. The van der Waals surface area contributed by atoms with Crippen LogP contribution in [0.15, 0.2) is 30.5 Å². The van der Waals surface area contributed by atoms with Crippen molar-refractivity contribution in [1.29, 1.82) is 0 Å². The van der Waals surface area contributed by atoms with Gasteiger partial charge in [-0.25, -0.2) is 15.2 Å². The van der Waals surface area contributed by atoms with Crippen LogP contribution in [0, 0.1) is 5.41 Å². The number of thiazole rings is 1. The van der Waals surface area contributed by atoms with E-state index in [1.165, 1.54) is 18.4 Å². The SMILES string of the molecule is COC(=O)N[C@H](C(=O)NNCc1ccc(OCc2cnc(Cl)s2)cc1)C(C)(C)C. The summed E-state index contributed by atoms with van der Waals surface area (Å²) in [5.41, 5.74) is 5.96. The molecule has 0 radical (unpaired) electrons. The fourth-order valence-electron chi connectivity index (χ4n) is 2.37. The lowest BCUT2D eigenvalue weighted by Crippen LogP contribution is -2.56. The summed E-state index contributed by atoms with van der Waals surface area (Å²) in [6, 6.07) is 6.72. The molecule has 29 heavy (non-hydrogen) atoms. The van der Waals surface area contributed by atoms with Crippen molar-refractivity contribution in [1.82, 2.24) is 21.2 Å². The average Bonchev–Trinajstić information content (AvgIpc) is 3.09. The van der Waals surface area contributed by atoms with Gasteiger partial charge in [-0.1, -0.05) is 44.5 Å². The second-order valence-electron chi connectivity index (χ2n) is 7.29. The van der Waals surface area contributed by atoms with Gasteiger partial charge in [0.05, 0.1) is 12.0 Å². The smallest absolute Gasteiger partial charge is 0.407 e. The Hall–Kier alpha value is -2.36. The lowest BCUT2D eigenvalue weighted by atomic mass is 9.86. The summed E-state index contributed by atoms with van der Waals surface area (Å²) in [7, 11) is 1.26. The van der Waals surface area contributed by atoms with Crippen LogP contribution in [0.5, 0.6) is 5.75 Å². The maximum Gasteiger partial charge on any atom is 0.407 e. The fourth-order valence-corrected chi connectivity index (χ4v) is 3.26. The minimum Gasteiger partial charge on any atom is -0.488 e. The zero-order valence-corrected chi connectivity index (χ0v) is 18.3. The second-order valence-corrected chi connectivity index (χ2v) is 8.99. The summed E-state index contributed by atoms with van der Waals surface area (Å²) in [4.78, 5) is 28.8. The van der Waals surface area contributed by atoms with Gasteiger partial charge in [0, 0.05) is 12.7 Å². The molecule has 3 N–H and O–H groups in total. The maximum atomic E-state index is 12.4. The molecule has 1 atom stereocenters. The van der Waals surface area contributed by atoms with Gasteiger partial charge in [0.2, 0.25) is 0 Å². The van der Waals surface area contributed by atoms with Crippen molar-refractivity contribution >= 4 is 34.9 Å². The van der Waals surface area contributed by atoms with E-state index in [9.17, 15) is 9.59 Å². The highest BCUT2D eigenvalue weighted by molar-refractivity contribution is 7.15. The molecule has 0 saturated heterocycles. The van der Waals surface area contributed by atoms with Gasteiger partial charge in [0.1, 0.15) is 18.4 Å². The van der Waals surface area contributed by atoms with E-state index in [2.05, 4.69) is 25.9 Å². The number of carbonyl (C=O) groups is 2. The van der Waals surface area contributed by atoms with E-state index in [4.69, 9.17) is 16.3 Å². The summed E-state index contributed by atoms with van der Waals surface area (Å²) >= 11 is 7.18. The van der Waals surface area contributed by atoms with Gasteiger partial charge in [0.15, 0.2) is 4.47 Å². The average molecular weight is 441 g/mol. The molecule has 8 nitrogen and oxygen atoms in total. The monoisotopic (exact) mass is 440 g/mol. The van der Waals surface area contributed by atoms with E-state index in [1.807, 2.05) is 45.0 Å². The number of aromatic nitrogens is 1. The highest BCUT2D eigenvalue weighted by Gasteiger charge is 2.33. The highest BCUT2D eigenvalue weighted by atomic mass is 35.5. The normalized spacial score (nSPS) is 12.2. The van der Waals surface area contributed by atoms with Crippen molar-refractivity contribution in [3.8, 4) is 5.75 Å². The predicted molar refractivity (Wildman–Crippen MR) is 112 cm³/mol. The molecule has 0 aliphatic carbocycles. The van der Waals surface area contributed by atoms with Crippen LogP contribution in [0.1, 0.15) is 31.2 Å². The number of hydrogen-bond acceptors (Lipinski definition) is 7. The minimum atomic E-state index is -0.751. The Bertz CT molecular complexity index is 820. The molecule has 0 saturated carbocycles. The molecular weight excluding hydrogens is 416 g/mol. The Morgan fingerprint density at radius 2 is 1.93 bits per heavy atom. The number of carbonyl (C=O) groups excluding carboxylic acids is 2. The number of methoxy groups -OCH3 is 1. The Labute approximate surface area is 178 Å². The minimum absolute atomic E-state index is 0.355. The molecule has 0 aliphatic heterocycles. The predicted octanol–water partition coefficient (Wildman–Crippen LogP) is 3.27. The zero-order chi connectivity index (χ0) is 21.4. The van der Waals surface area contributed by atoms with Crippen LogP contribution >= 0.6 is 22.9 Å². The molecular formula is C19H25ClN4O4S. The number of ether oxygens (including phenoxy) is 2. The third kappa shape index (κ3) is 7.52. The van der Waals surface area contributed by atoms with Gasteiger partial charge in [-0.15, -0.1) is 11.3 Å². The molecule has 0 unspecified atom stereocenters. The first-order chi connectivity index (χ1) is 13.7. The van der Waals surface area contributed by atoms with Crippen LogP contribution in [0.4, 0.5) is 4.79 Å². The number of rotatable bonds is 8. The van der Waals surface area contributed by atoms with Crippen molar-refractivity contribution in [2.45, 2.75) is 40.0 Å². The van der Waals surface area contributed by atoms with E-state index in [-0.39, 0.29) is 5.91 Å². The summed E-state index contributed by atoms with van der Waals surface area (Å²) in [6.45, 7) is 6.37. The number of alkyl carbamates (subject to hydrolysis) is 1. The van der Waals surface area contributed by atoms with E-state index < -0.39 is 17.6 Å². The molecule has 2 amide bonds. The molecule has 1 heterocycles. The van der Waals surface area contributed by atoms with Crippen molar-refractivity contribution in [2.24, 2.45) is 5.41 Å². The molecule has 0 bridgehead atoms. The van der Waals surface area contributed by atoms with Crippen LogP contribution in [-0.4, -0.2) is 30.1 Å². The number of hydrogen-bond donors (Lipinski definition) is 3. The van der Waals surface area contributed by atoms with Crippen molar-refractivity contribution in [3.05, 3.63) is 45.4 Å². The van der Waals surface area contributed by atoms with Crippen LogP contribution in [0.2, 0.25) is 4.47 Å². The molecule has 2 rings (SSSR count). The molecule has 1 aromatic heterocycles. The molecule has 2 aromatic rings. The first-order valence-electron chi connectivity index (χ1n) is 8.88. The number of nitrogens with one attached hydrogen (secondary N) is 3. The highest BCUT2D eigenvalue weighted by Crippen LogP contribution is 2.21. The van der Waals surface area contributed by atoms with E-state index in [1.54, 1.807) is 6.20 Å². The standard InChI is InChI=1S/C19H25ClN4O4S/c1-19(2,3)15(23-18(26)27-4)16(25)24-22-9-12-5-7-13(8-6-12)28-11-14-10-21-17(20)29-14/h5-8,10,15,22H,9,11H2,1-4H3,(H,23,26)(H,24,25)/t15-/m1/s1. The quantitative estimate of drug-likeness (QED) is 0.544. The molecule has 0 fully saturated rings. The largest absolute Gasteiger partial charge is 0.488 e. The Morgan fingerprint density at radius 1 is 1.24 bits per heavy atom. The van der Waals surface area contributed by atoms with Gasteiger partial charge >= 0.3 is 6.09 Å². The second kappa shape index (κ2) is 10.4. The topological polar surface area (TPSA) is 102 Å². The number of nitrogens with zero attached hydrogens (tertiary/aromatic N) is 1. The summed E-state index contributed by atoms with van der Waals surface area (Å²) in [6.07, 6.45) is 1.03. The zero-order valence-electron chi connectivity index (χ0n) is 16.7. The summed E-state index contributed by atoms with van der Waals surface area (Å²) < 4.78 is 10.8. The van der Waals surface area contributed by atoms with Crippen molar-refractivity contribution < 1.29 is 19.1 Å². The van der Waals surface area contributed by atoms with Gasteiger partial charge < -0.3 is 14.8 Å². The molecule has 158 valence electrons. The third-order valence-corrected chi connectivity index (χ3v) is 5.00. The molecule has 0 spiro atoms. The Morgan fingerprint density at radius 3 is 2.48 bits per heavy atom. The lowest BCUT2D eigenvalue weighted by molar-refractivity contribution is -0.126.